The second-order valence-electron chi connectivity index (χ2n) is 5.56. The number of guanidine groups is 1. The summed E-state index contributed by atoms with van der Waals surface area (Å²) in [6.45, 7) is -2.05. The zero-order valence-corrected chi connectivity index (χ0v) is 15.7. The van der Waals surface area contributed by atoms with Crippen LogP contribution in [0.4, 0.5) is 8.78 Å². The summed E-state index contributed by atoms with van der Waals surface area (Å²) in [4.78, 5) is 4.02. The SMILES string of the molecule is CN=C(NCCCNS(C)(=O)=O)NCc1cc2c(cc1OC(F)F)OCO2. The lowest BCUT2D eigenvalue weighted by molar-refractivity contribution is -0.0505. The number of fused-ring (bicyclic) bond motifs is 1. The van der Waals surface area contributed by atoms with Gasteiger partial charge >= 0.3 is 6.61 Å². The largest absolute Gasteiger partial charge is 0.454 e. The number of aliphatic imine (C=N–C) groups is 1. The molecule has 0 radical (unpaired) electrons. The molecule has 27 heavy (non-hydrogen) atoms. The number of rotatable bonds is 9. The van der Waals surface area contributed by atoms with Crippen molar-refractivity contribution in [3.63, 3.8) is 0 Å². The van der Waals surface area contributed by atoms with E-state index in [0.29, 0.717) is 36.0 Å². The quantitative estimate of drug-likeness (QED) is 0.312. The van der Waals surface area contributed by atoms with Crippen molar-refractivity contribution in [2.45, 2.75) is 19.6 Å². The molecular formula is C15H22F2N4O5S. The van der Waals surface area contributed by atoms with Crippen LogP contribution in [0.25, 0.3) is 0 Å². The van der Waals surface area contributed by atoms with Crippen molar-refractivity contribution >= 4 is 16.0 Å². The summed E-state index contributed by atoms with van der Waals surface area (Å²) in [5.74, 6) is 1.20. The molecule has 1 heterocycles. The second kappa shape index (κ2) is 9.55. The summed E-state index contributed by atoms with van der Waals surface area (Å²) in [5, 5.41) is 5.97. The van der Waals surface area contributed by atoms with Crippen molar-refractivity contribution in [3.8, 4) is 17.2 Å². The van der Waals surface area contributed by atoms with Crippen LogP contribution in [0.5, 0.6) is 17.2 Å². The van der Waals surface area contributed by atoms with E-state index < -0.39 is 16.6 Å². The number of halogens is 2. The number of hydrogen-bond acceptors (Lipinski definition) is 6. The zero-order chi connectivity index (χ0) is 19.9. The monoisotopic (exact) mass is 408 g/mol. The van der Waals surface area contributed by atoms with Crippen LogP contribution in [0.15, 0.2) is 17.1 Å². The highest BCUT2D eigenvalue weighted by Gasteiger charge is 2.20. The molecule has 1 aliphatic heterocycles. The van der Waals surface area contributed by atoms with Crippen molar-refractivity contribution in [1.29, 1.82) is 0 Å². The van der Waals surface area contributed by atoms with Gasteiger partial charge in [0.25, 0.3) is 0 Å². The van der Waals surface area contributed by atoms with Gasteiger partial charge in [-0.2, -0.15) is 8.78 Å². The van der Waals surface area contributed by atoms with Gasteiger partial charge < -0.3 is 24.8 Å². The van der Waals surface area contributed by atoms with Crippen molar-refractivity contribution in [1.82, 2.24) is 15.4 Å². The Labute approximate surface area is 156 Å². The van der Waals surface area contributed by atoms with E-state index in [4.69, 9.17) is 9.47 Å². The minimum Gasteiger partial charge on any atom is -0.454 e. The molecule has 0 unspecified atom stereocenters. The molecule has 0 atom stereocenters. The van der Waals surface area contributed by atoms with E-state index in [9.17, 15) is 17.2 Å². The first-order chi connectivity index (χ1) is 12.8. The molecular weight excluding hydrogens is 386 g/mol. The third-order valence-electron chi connectivity index (χ3n) is 3.45. The van der Waals surface area contributed by atoms with Gasteiger partial charge in [0.15, 0.2) is 17.5 Å². The normalized spacial score (nSPS) is 13.7. The minimum atomic E-state index is -3.22. The minimum absolute atomic E-state index is 0.0189. The van der Waals surface area contributed by atoms with Crippen molar-refractivity contribution in [2.24, 2.45) is 4.99 Å². The molecule has 12 heteroatoms. The lowest BCUT2D eigenvalue weighted by atomic mass is 10.1. The molecule has 0 bridgehead atoms. The van der Waals surface area contributed by atoms with Gasteiger partial charge in [-0.1, -0.05) is 0 Å². The molecule has 0 saturated heterocycles. The van der Waals surface area contributed by atoms with Crippen LogP contribution in [0.2, 0.25) is 0 Å². The number of sulfonamides is 1. The lowest BCUT2D eigenvalue weighted by Gasteiger charge is -2.15. The summed E-state index contributed by atoms with van der Waals surface area (Å²) in [6.07, 6.45) is 1.63. The molecule has 152 valence electrons. The fraction of sp³-hybridized carbons (Fsp3) is 0.533. The molecule has 0 saturated carbocycles. The Balaban J connectivity index is 1.90. The summed E-state index contributed by atoms with van der Waals surface area (Å²) in [5.41, 5.74) is 0.446. The Morgan fingerprint density at radius 1 is 1.26 bits per heavy atom. The predicted molar refractivity (Wildman–Crippen MR) is 94.9 cm³/mol. The number of ether oxygens (including phenoxy) is 3. The van der Waals surface area contributed by atoms with Crippen LogP contribution in [0.1, 0.15) is 12.0 Å². The highest BCUT2D eigenvalue weighted by atomic mass is 32.2. The highest BCUT2D eigenvalue weighted by molar-refractivity contribution is 7.88. The topological polar surface area (TPSA) is 110 Å². The van der Waals surface area contributed by atoms with E-state index in [-0.39, 0.29) is 25.6 Å². The van der Waals surface area contributed by atoms with Crippen molar-refractivity contribution in [3.05, 3.63) is 17.7 Å². The number of benzene rings is 1. The summed E-state index contributed by atoms with van der Waals surface area (Å²) in [6, 6.07) is 2.93. The van der Waals surface area contributed by atoms with E-state index >= 15 is 0 Å². The number of nitrogens with zero attached hydrogens (tertiary/aromatic N) is 1. The van der Waals surface area contributed by atoms with E-state index in [1.807, 2.05) is 0 Å². The summed E-state index contributed by atoms with van der Waals surface area (Å²) >= 11 is 0. The fourth-order valence-corrected chi connectivity index (χ4v) is 2.78. The van der Waals surface area contributed by atoms with E-state index in [1.165, 1.54) is 6.07 Å². The van der Waals surface area contributed by atoms with Gasteiger partial charge in [-0.15, -0.1) is 0 Å². The van der Waals surface area contributed by atoms with Crippen LogP contribution in [0, 0.1) is 0 Å². The number of hydrogen-bond donors (Lipinski definition) is 3. The van der Waals surface area contributed by atoms with Gasteiger partial charge in [-0.3, -0.25) is 4.99 Å². The Bertz CT molecular complexity index is 774. The Kier molecular flexibility index (Phi) is 7.42. The fourth-order valence-electron chi connectivity index (χ4n) is 2.26. The van der Waals surface area contributed by atoms with Crippen LogP contribution in [-0.4, -0.2) is 54.2 Å². The van der Waals surface area contributed by atoms with Gasteiger partial charge in [-0.05, 0) is 12.5 Å². The third kappa shape index (κ3) is 7.06. The summed E-state index contributed by atoms with van der Waals surface area (Å²) < 4.78 is 64.6. The maximum atomic E-state index is 12.6. The highest BCUT2D eigenvalue weighted by Crippen LogP contribution is 2.38. The van der Waals surface area contributed by atoms with E-state index in [0.717, 1.165) is 6.26 Å². The van der Waals surface area contributed by atoms with Gasteiger partial charge in [0.05, 0.1) is 6.26 Å². The first kappa shape index (κ1) is 21.0. The maximum absolute atomic E-state index is 12.6. The average molecular weight is 408 g/mol. The first-order valence-corrected chi connectivity index (χ1v) is 9.94. The molecule has 3 N–H and O–H groups in total. The second-order valence-corrected chi connectivity index (χ2v) is 7.40. The number of alkyl halides is 2. The maximum Gasteiger partial charge on any atom is 0.387 e. The molecule has 1 aliphatic rings. The lowest BCUT2D eigenvalue weighted by Crippen LogP contribution is -2.38. The predicted octanol–water partition coefficient (Wildman–Crippen LogP) is 0.621. The van der Waals surface area contributed by atoms with Gasteiger partial charge in [-0.25, -0.2) is 13.1 Å². The molecule has 0 amide bonds. The van der Waals surface area contributed by atoms with Crippen LogP contribution in [-0.2, 0) is 16.6 Å². The number of nitrogens with one attached hydrogen (secondary N) is 3. The van der Waals surface area contributed by atoms with Crippen LogP contribution in [0.3, 0.4) is 0 Å². The molecule has 0 aromatic heterocycles. The van der Waals surface area contributed by atoms with Gasteiger partial charge in [0, 0.05) is 38.3 Å². The van der Waals surface area contributed by atoms with E-state index in [2.05, 4.69) is 25.1 Å². The molecule has 0 spiro atoms. The zero-order valence-electron chi connectivity index (χ0n) is 14.9. The average Bonchev–Trinajstić information content (AvgIpc) is 3.02. The standard InChI is InChI=1S/C15H22F2N4O5S/c1-18-15(19-4-3-5-21-27(2,22)23)20-8-10-6-12-13(25-9-24-12)7-11(10)26-14(16)17/h6-7,14,21H,3-5,8-9H2,1-2H3,(H2,18,19,20). The first-order valence-electron chi connectivity index (χ1n) is 8.05. The Morgan fingerprint density at radius 3 is 2.59 bits per heavy atom. The van der Waals surface area contributed by atoms with Gasteiger partial charge in [0.1, 0.15) is 5.75 Å². The Morgan fingerprint density at radius 2 is 1.96 bits per heavy atom. The van der Waals surface area contributed by atoms with Crippen molar-refractivity contribution < 1.29 is 31.4 Å². The van der Waals surface area contributed by atoms with Crippen LogP contribution < -0.4 is 29.6 Å². The van der Waals surface area contributed by atoms with E-state index in [1.54, 1.807) is 13.1 Å². The van der Waals surface area contributed by atoms with Gasteiger partial charge in [0.2, 0.25) is 16.8 Å². The molecule has 1 aromatic carbocycles. The molecule has 0 fully saturated rings. The molecule has 1 aromatic rings. The van der Waals surface area contributed by atoms with Crippen molar-refractivity contribution in [2.75, 3.05) is 33.2 Å². The Hall–Kier alpha value is -2.34. The molecule has 2 rings (SSSR count). The summed E-state index contributed by atoms with van der Waals surface area (Å²) in [7, 11) is -1.66. The van der Waals surface area contributed by atoms with Crippen LogP contribution >= 0.6 is 0 Å². The molecule has 9 nitrogen and oxygen atoms in total. The molecule has 0 aliphatic carbocycles. The smallest absolute Gasteiger partial charge is 0.387 e. The third-order valence-corrected chi connectivity index (χ3v) is 4.18.